The van der Waals surface area contributed by atoms with Crippen LogP contribution in [0.25, 0.3) is 0 Å². The first-order chi connectivity index (χ1) is 11.8. The summed E-state index contributed by atoms with van der Waals surface area (Å²) < 4.78 is 32.2. The van der Waals surface area contributed by atoms with Crippen molar-refractivity contribution < 1.29 is 18.1 Å². The zero-order valence-electron chi connectivity index (χ0n) is 13.6. The first-order valence-electron chi connectivity index (χ1n) is 7.22. The molecule has 0 aliphatic carbocycles. The Kier molecular flexibility index (Phi) is 5.75. The lowest BCUT2D eigenvalue weighted by Crippen LogP contribution is -2.24. The zero-order chi connectivity index (χ0) is 18.4. The smallest absolute Gasteiger partial charge is 0.270 e. The highest BCUT2D eigenvalue weighted by atomic mass is 32.2. The molecule has 0 spiro atoms. The Hall–Kier alpha value is -2.89. The lowest BCUT2D eigenvalue weighted by Gasteiger charge is -2.07. The number of non-ortho nitro benzene ring substituents is 1. The molecule has 0 heterocycles. The number of nitrogens with zero attached hydrogens (tertiary/aromatic N) is 1. The molecule has 8 heteroatoms. The topological polar surface area (TPSA) is 98.5 Å². The average molecular weight is 360 g/mol. The normalized spacial score (nSPS) is 10.6. The minimum Gasteiger partial charge on any atom is -0.495 e. The van der Waals surface area contributed by atoms with Crippen molar-refractivity contribution in [2.75, 3.05) is 13.7 Å². The first kappa shape index (κ1) is 18.4. The fourth-order valence-electron chi connectivity index (χ4n) is 2.09. The molecule has 0 unspecified atom stereocenters. The van der Waals surface area contributed by atoms with E-state index in [4.69, 9.17) is 4.74 Å². The van der Waals surface area contributed by atoms with Crippen LogP contribution in [0.1, 0.15) is 11.1 Å². The Morgan fingerprint density at radius 3 is 2.64 bits per heavy atom. The number of ether oxygens (including phenoxy) is 1. The van der Waals surface area contributed by atoms with Gasteiger partial charge < -0.3 is 4.74 Å². The molecule has 1 N–H and O–H groups in total. The van der Waals surface area contributed by atoms with E-state index in [0.29, 0.717) is 16.9 Å². The van der Waals surface area contributed by atoms with E-state index in [1.807, 2.05) is 0 Å². The summed E-state index contributed by atoms with van der Waals surface area (Å²) in [4.78, 5) is 10.0. The van der Waals surface area contributed by atoms with E-state index in [2.05, 4.69) is 16.6 Å². The van der Waals surface area contributed by atoms with Gasteiger partial charge in [-0.2, -0.15) is 4.72 Å². The third-order valence-electron chi connectivity index (χ3n) is 3.35. The Labute approximate surface area is 145 Å². The van der Waals surface area contributed by atoms with Gasteiger partial charge >= 0.3 is 0 Å². The summed E-state index contributed by atoms with van der Waals surface area (Å²) in [6.07, 6.45) is 0. The van der Waals surface area contributed by atoms with Crippen LogP contribution in [0.15, 0.2) is 47.4 Å². The molecule has 0 aromatic heterocycles. The number of nitro benzene ring substituents is 1. The van der Waals surface area contributed by atoms with Gasteiger partial charge in [-0.25, -0.2) is 8.42 Å². The van der Waals surface area contributed by atoms with Crippen LogP contribution in [0, 0.1) is 28.9 Å². The number of nitro groups is 1. The largest absolute Gasteiger partial charge is 0.495 e. The number of nitrogens with one attached hydrogen (secondary N) is 1. The van der Waals surface area contributed by atoms with Crippen molar-refractivity contribution in [3.05, 3.63) is 63.7 Å². The third kappa shape index (κ3) is 4.56. The van der Waals surface area contributed by atoms with Gasteiger partial charge in [0.2, 0.25) is 10.0 Å². The van der Waals surface area contributed by atoms with Crippen molar-refractivity contribution in [3.63, 3.8) is 0 Å². The van der Waals surface area contributed by atoms with Gasteiger partial charge in [-0.1, -0.05) is 30.0 Å². The molecular formula is C17H16N2O5S. The van der Waals surface area contributed by atoms with Crippen LogP contribution >= 0.6 is 0 Å². The van der Waals surface area contributed by atoms with E-state index in [1.165, 1.54) is 19.2 Å². The van der Waals surface area contributed by atoms with E-state index < -0.39 is 14.9 Å². The Morgan fingerprint density at radius 1 is 1.24 bits per heavy atom. The van der Waals surface area contributed by atoms with Crippen molar-refractivity contribution in [1.29, 1.82) is 0 Å². The molecule has 0 amide bonds. The second-order valence-corrected chi connectivity index (χ2v) is 6.77. The monoisotopic (exact) mass is 360 g/mol. The van der Waals surface area contributed by atoms with Gasteiger partial charge in [-0.05, 0) is 24.6 Å². The molecule has 130 valence electrons. The van der Waals surface area contributed by atoms with Gasteiger partial charge in [-0.15, -0.1) is 0 Å². The standard InChI is InChI=1S/C17H16N2O5S/c1-13-9-10-15(19(20)21)12-17(13)25(22,23)18-11-5-7-14-6-3-4-8-16(14)24-2/h3-4,6,8-10,12,18H,11H2,1-2H3. The molecule has 0 saturated carbocycles. The third-order valence-corrected chi connectivity index (χ3v) is 4.90. The van der Waals surface area contributed by atoms with Gasteiger partial charge in [0.1, 0.15) is 5.75 Å². The number of aryl methyl sites for hydroxylation is 1. The molecule has 0 saturated heterocycles. The predicted molar refractivity (Wildman–Crippen MR) is 92.9 cm³/mol. The number of benzene rings is 2. The van der Waals surface area contributed by atoms with Gasteiger partial charge in [0, 0.05) is 12.1 Å². The van der Waals surface area contributed by atoms with Crippen molar-refractivity contribution in [2.45, 2.75) is 11.8 Å². The van der Waals surface area contributed by atoms with Gasteiger partial charge in [-0.3, -0.25) is 10.1 Å². The fraction of sp³-hybridized carbons (Fsp3) is 0.176. The lowest BCUT2D eigenvalue weighted by molar-refractivity contribution is -0.385. The summed E-state index contributed by atoms with van der Waals surface area (Å²) in [5, 5.41) is 10.8. The molecule has 0 aliphatic heterocycles. The van der Waals surface area contributed by atoms with Crippen molar-refractivity contribution in [2.24, 2.45) is 0 Å². The van der Waals surface area contributed by atoms with Crippen molar-refractivity contribution in [3.8, 4) is 17.6 Å². The van der Waals surface area contributed by atoms with Crippen LogP contribution in [0.2, 0.25) is 0 Å². The highest BCUT2D eigenvalue weighted by Gasteiger charge is 2.19. The molecule has 2 aromatic carbocycles. The molecule has 0 bridgehead atoms. The maximum atomic E-state index is 12.3. The quantitative estimate of drug-likeness (QED) is 0.501. The Bertz CT molecular complexity index is 958. The number of rotatable bonds is 5. The summed E-state index contributed by atoms with van der Waals surface area (Å²) in [6, 6.07) is 10.8. The SMILES string of the molecule is COc1ccccc1C#CCNS(=O)(=O)c1cc([N+](=O)[O-])ccc1C. The maximum absolute atomic E-state index is 12.3. The minimum atomic E-state index is -3.91. The molecule has 2 rings (SSSR count). The predicted octanol–water partition coefficient (Wildman–Crippen LogP) is 2.24. The second-order valence-electron chi connectivity index (χ2n) is 5.03. The molecule has 7 nitrogen and oxygen atoms in total. The summed E-state index contributed by atoms with van der Waals surface area (Å²) in [5.74, 6) is 6.12. The van der Waals surface area contributed by atoms with E-state index in [-0.39, 0.29) is 17.1 Å². The number of methoxy groups -OCH3 is 1. The lowest BCUT2D eigenvalue weighted by atomic mass is 10.2. The van der Waals surface area contributed by atoms with Crippen molar-refractivity contribution in [1.82, 2.24) is 4.72 Å². The fourth-order valence-corrected chi connectivity index (χ4v) is 3.27. The molecule has 25 heavy (non-hydrogen) atoms. The first-order valence-corrected chi connectivity index (χ1v) is 8.70. The number of para-hydroxylation sites is 1. The molecule has 0 fully saturated rings. The summed E-state index contributed by atoms with van der Waals surface area (Å²) in [7, 11) is -2.38. The molecule has 2 aromatic rings. The average Bonchev–Trinajstić information content (AvgIpc) is 2.59. The summed E-state index contributed by atoms with van der Waals surface area (Å²) in [6.45, 7) is 1.43. The molecule has 0 atom stereocenters. The molecule has 0 radical (unpaired) electrons. The van der Waals surface area contributed by atoms with Crippen LogP contribution in [0.4, 0.5) is 5.69 Å². The Balaban J connectivity index is 2.17. The van der Waals surface area contributed by atoms with E-state index in [1.54, 1.807) is 31.2 Å². The van der Waals surface area contributed by atoms with Gasteiger partial charge in [0.05, 0.1) is 29.0 Å². The maximum Gasteiger partial charge on any atom is 0.270 e. The van der Waals surface area contributed by atoms with Gasteiger partial charge in [0.25, 0.3) is 5.69 Å². The van der Waals surface area contributed by atoms with Gasteiger partial charge in [0.15, 0.2) is 0 Å². The highest BCUT2D eigenvalue weighted by molar-refractivity contribution is 7.89. The number of hydrogen-bond donors (Lipinski definition) is 1. The van der Waals surface area contributed by atoms with Crippen LogP contribution in [-0.2, 0) is 10.0 Å². The minimum absolute atomic E-state index is 0.136. The van der Waals surface area contributed by atoms with Crippen LogP contribution < -0.4 is 9.46 Å². The van der Waals surface area contributed by atoms with Crippen molar-refractivity contribution >= 4 is 15.7 Å². The van der Waals surface area contributed by atoms with Crippen LogP contribution in [0.5, 0.6) is 5.75 Å². The van der Waals surface area contributed by atoms with Crippen LogP contribution in [0.3, 0.4) is 0 Å². The van der Waals surface area contributed by atoms with E-state index in [0.717, 1.165) is 6.07 Å². The van der Waals surface area contributed by atoms with E-state index >= 15 is 0 Å². The zero-order valence-corrected chi connectivity index (χ0v) is 14.5. The highest BCUT2D eigenvalue weighted by Crippen LogP contribution is 2.21. The second kappa shape index (κ2) is 7.79. The van der Waals surface area contributed by atoms with Crippen LogP contribution in [-0.4, -0.2) is 27.0 Å². The number of sulfonamides is 1. The summed E-state index contributed by atoms with van der Waals surface area (Å²) in [5.41, 5.74) is 0.762. The molecule has 0 aliphatic rings. The summed E-state index contributed by atoms with van der Waals surface area (Å²) >= 11 is 0. The van der Waals surface area contributed by atoms with E-state index in [9.17, 15) is 18.5 Å². The number of hydrogen-bond acceptors (Lipinski definition) is 5. The Morgan fingerprint density at radius 2 is 1.96 bits per heavy atom. The molecular weight excluding hydrogens is 344 g/mol.